The first-order valence-electron chi connectivity index (χ1n) is 8.38. The summed E-state index contributed by atoms with van der Waals surface area (Å²) in [5, 5.41) is 0. The molecule has 0 amide bonds. The van der Waals surface area contributed by atoms with Crippen LogP contribution in [0.3, 0.4) is 0 Å². The van der Waals surface area contributed by atoms with E-state index < -0.39 is 11.6 Å². The van der Waals surface area contributed by atoms with E-state index >= 15 is 0 Å². The topological polar surface area (TPSA) is 35.5 Å². The average Bonchev–Trinajstić information content (AvgIpc) is 2.87. The minimum Gasteiger partial charge on any atom is -0.347 e. The van der Waals surface area contributed by atoms with Gasteiger partial charge in [-0.15, -0.1) is 0 Å². The Morgan fingerprint density at radius 1 is 1.12 bits per heavy atom. The Morgan fingerprint density at radius 2 is 1.88 bits per heavy atom. The van der Waals surface area contributed by atoms with Gasteiger partial charge in [-0.05, 0) is 55.2 Å². The highest BCUT2D eigenvalue weighted by Gasteiger charge is 2.33. The molecule has 1 saturated heterocycles. The van der Waals surface area contributed by atoms with Gasteiger partial charge in [0.1, 0.15) is 11.9 Å². The van der Waals surface area contributed by atoms with Gasteiger partial charge in [-0.3, -0.25) is 4.79 Å². The summed E-state index contributed by atoms with van der Waals surface area (Å²) in [5.74, 6) is -1.24. The summed E-state index contributed by atoms with van der Waals surface area (Å²) in [6.45, 7) is 4.08. The standard InChI is InChI=1S/C21H19FO3/c1-21(2)24-12-16(25-21)11-19-17-6-4-3-5-13(17)9-14-7-8-15(22)10-18(14)20(19)23/h3-8,10-11,16H,9,12H2,1-2H3/t16-/m1/s1. The lowest BCUT2D eigenvalue weighted by molar-refractivity contribution is -0.133. The second kappa shape index (κ2) is 5.90. The van der Waals surface area contributed by atoms with Crippen LogP contribution in [0.25, 0.3) is 5.57 Å². The van der Waals surface area contributed by atoms with Gasteiger partial charge in [-0.25, -0.2) is 4.39 Å². The number of Topliss-reactive ketones (excluding diaryl/α,β-unsaturated/α-hetero) is 1. The Bertz CT molecular complexity index is 882. The Hall–Kier alpha value is -2.30. The van der Waals surface area contributed by atoms with Gasteiger partial charge >= 0.3 is 0 Å². The maximum Gasteiger partial charge on any atom is 0.193 e. The van der Waals surface area contributed by atoms with Crippen LogP contribution < -0.4 is 0 Å². The predicted octanol–water partition coefficient (Wildman–Crippen LogP) is 4.15. The van der Waals surface area contributed by atoms with Gasteiger partial charge in [0, 0.05) is 11.1 Å². The number of rotatable bonds is 1. The van der Waals surface area contributed by atoms with Gasteiger partial charge < -0.3 is 9.47 Å². The number of halogens is 1. The number of carbonyl (C=O) groups is 1. The molecule has 2 aromatic rings. The van der Waals surface area contributed by atoms with Crippen molar-refractivity contribution in [2.75, 3.05) is 6.61 Å². The van der Waals surface area contributed by atoms with Gasteiger partial charge in [0.15, 0.2) is 11.6 Å². The first kappa shape index (κ1) is 16.2. The molecule has 0 N–H and O–H groups in total. The van der Waals surface area contributed by atoms with Crippen LogP contribution in [0, 0.1) is 5.82 Å². The smallest absolute Gasteiger partial charge is 0.193 e. The minimum atomic E-state index is -0.668. The van der Waals surface area contributed by atoms with E-state index in [2.05, 4.69) is 0 Å². The number of benzene rings is 2. The zero-order valence-corrected chi connectivity index (χ0v) is 14.2. The van der Waals surface area contributed by atoms with E-state index in [9.17, 15) is 9.18 Å². The second-order valence-electron chi connectivity index (χ2n) is 6.91. The summed E-state index contributed by atoms with van der Waals surface area (Å²) >= 11 is 0. The third-order valence-electron chi connectivity index (χ3n) is 4.63. The molecule has 0 bridgehead atoms. The lowest BCUT2D eigenvalue weighted by atomic mass is 9.95. The number of fused-ring (bicyclic) bond motifs is 2. The fraction of sp³-hybridized carbons (Fsp3) is 0.286. The SMILES string of the molecule is CC1(C)OC[C@@H](C=C2C(=O)c3cc(F)ccc3Cc3ccccc32)O1. The number of hydrogen-bond acceptors (Lipinski definition) is 3. The van der Waals surface area contributed by atoms with Crippen LogP contribution in [-0.2, 0) is 15.9 Å². The summed E-state index contributed by atoms with van der Waals surface area (Å²) in [7, 11) is 0. The zero-order valence-electron chi connectivity index (χ0n) is 14.2. The highest BCUT2D eigenvalue weighted by molar-refractivity contribution is 6.30. The predicted molar refractivity (Wildman–Crippen MR) is 92.9 cm³/mol. The molecule has 1 aliphatic heterocycles. The fourth-order valence-electron chi connectivity index (χ4n) is 3.47. The maximum atomic E-state index is 13.7. The van der Waals surface area contributed by atoms with E-state index in [-0.39, 0.29) is 11.9 Å². The molecule has 0 radical (unpaired) electrons. The van der Waals surface area contributed by atoms with Crippen LogP contribution >= 0.6 is 0 Å². The van der Waals surface area contributed by atoms with E-state index in [1.54, 1.807) is 6.07 Å². The number of allylic oxidation sites excluding steroid dienone is 1. The van der Waals surface area contributed by atoms with Crippen LogP contribution in [0.4, 0.5) is 4.39 Å². The van der Waals surface area contributed by atoms with Gasteiger partial charge in [0.25, 0.3) is 0 Å². The molecular formula is C21H19FO3. The largest absolute Gasteiger partial charge is 0.347 e. The third-order valence-corrected chi connectivity index (χ3v) is 4.63. The van der Waals surface area contributed by atoms with Crippen molar-refractivity contribution in [1.82, 2.24) is 0 Å². The van der Waals surface area contributed by atoms with Gasteiger partial charge in [-0.2, -0.15) is 0 Å². The van der Waals surface area contributed by atoms with Crippen molar-refractivity contribution < 1.29 is 18.7 Å². The lowest BCUT2D eigenvalue weighted by Gasteiger charge is -2.16. The van der Waals surface area contributed by atoms with Crippen molar-refractivity contribution in [2.24, 2.45) is 0 Å². The zero-order chi connectivity index (χ0) is 17.6. The second-order valence-corrected chi connectivity index (χ2v) is 6.91. The fourth-order valence-corrected chi connectivity index (χ4v) is 3.47. The van der Waals surface area contributed by atoms with E-state index in [1.165, 1.54) is 12.1 Å². The first-order chi connectivity index (χ1) is 11.9. The van der Waals surface area contributed by atoms with Crippen LogP contribution in [0.15, 0.2) is 48.5 Å². The van der Waals surface area contributed by atoms with Crippen molar-refractivity contribution >= 4 is 11.4 Å². The molecule has 0 saturated carbocycles. The third kappa shape index (κ3) is 3.03. The molecule has 1 heterocycles. The molecule has 0 unspecified atom stereocenters. The Labute approximate surface area is 146 Å². The molecule has 1 atom stereocenters. The molecule has 128 valence electrons. The van der Waals surface area contributed by atoms with E-state index in [1.807, 2.05) is 44.2 Å². The Balaban J connectivity index is 1.85. The summed E-state index contributed by atoms with van der Waals surface area (Å²) in [6.07, 6.45) is 2.11. The number of ketones is 1. The highest BCUT2D eigenvalue weighted by atomic mass is 19.1. The molecule has 0 spiro atoms. The molecule has 2 aromatic carbocycles. The molecule has 4 heteroatoms. The van der Waals surface area contributed by atoms with Crippen LogP contribution in [0.1, 0.15) is 40.9 Å². The number of ether oxygens (including phenoxy) is 2. The minimum absolute atomic E-state index is 0.173. The highest BCUT2D eigenvalue weighted by Crippen LogP contribution is 2.33. The monoisotopic (exact) mass is 338 g/mol. The lowest BCUT2D eigenvalue weighted by Crippen LogP contribution is -2.21. The number of hydrogen-bond donors (Lipinski definition) is 0. The molecule has 3 nitrogen and oxygen atoms in total. The molecule has 1 aliphatic carbocycles. The summed E-state index contributed by atoms with van der Waals surface area (Å²) < 4.78 is 25.2. The van der Waals surface area contributed by atoms with Crippen molar-refractivity contribution in [1.29, 1.82) is 0 Å². The van der Waals surface area contributed by atoms with E-state index in [0.29, 0.717) is 24.2 Å². The normalized spacial score (nSPS) is 23.2. The quantitative estimate of drug-likeness (QED) is 0.733. The first-order valence-corrected chi connectivity index (χ1v) is 8.38. The van der Waals surface area contributed by atoms with Crippen LogP contribution in [-0.4, -0.2) is 24.3 Å². The number of carbonyl (C=O) groups excluding carboxylic acids is 1. The van der Waals surface area contributed by atoms with Gasteiger partial charge in [-0.1, -0.05) is 30.3 Å². The van der Waals surface area contributed by atoms with Crippen molar-refractivity contribution in [3.8, 4) is 0 Å². The van der Waals surface area contributed by atoms with Crippen molar-refractivity contribution in [2.45, 2.75) is 32.2 Å². The Morgan fingerprint density at radius 3 is 2.64 bits per heavy atom. The summed E-state index contributed by atoms with van der Waals surface area (Å²) in [5.41, 5.74) is 3.72. The Kier molecular flexibility index (Phi) is 3.82. The van der Waals surface area contributed by atoms with Crippen molar-refractivity contribution in [3.05, 3.63) is 76.6 Å². The van der Waals surface area contributed by atoms with Gasteiger partial charge in [0.05, 0.1) is 6.61 Å². The van der Waals surface area contributed by atoms with Crippen molar-refractivity contribution in [3.63, 3.8) is 0 Å². The van der Waals surface area contributed by atoms with Crippen LogP contribution in [0.2, 0.25) is 0 Å². The molecule has 2 aliphatic rings. The average molecular weight is 338 g/mol. The molecule has 1 fully saturated rings. The summed E-state index contributed by atoms with van der Waals surface area (Å²) in [4.78, 5) is 13.2. The van der Waals surface area contributed by atoms with E-state index in [0.717, 1.165) is 16.7 Å². The van der Waals surface area contributed by atoms with Gasteiger partial charge in [0.2, 0.25) is 0 Å². The summed E-state index contributed by atoms with van der Waals surface area (Å²) in [6, 6.07) is 12.2. The maximum absolute atomic E-state index is 13.7. The molecule has 25 heavy (non-hydrogen) atoms. The molecule has 0 aromatic heterocycles. The molecular weight excluding hydrogens is 319 g/mol. The van der Waals surface area contributed by atoms with E-state index in [4.69, 9.17) is 9.47 Å². The van der Waals surface area contributed by atoms with Crippen LogP contribution in [0.5, 0.6) is 0 Å². The molecule has 4 rings (SSSR count).